The maximum Gasteiger partial charge on any atom is 0.134 e. The zero-order chi connectivity index (χ0) is 10.8. The van der Waals surface area contributed by atoms with E-state index in [1.165, 1.54) is 0 Å². The summed E-state index contributed by atoms with van der Waals surface area (Å²) in [6.07, 6.45) is 0.583. The molecule has 0 heterocycles. The Hall–Kier alpha value is -1.53. The minimum atomic E-state index is 0.0139. The average Bonchev–Trinajstić information content (AvgIpc) is 2.21. The first-order chi connectivity index (χ1) is 6.74. The highest BCUT2D eigenvalue weighted by atomic mass is 35.5. The molecule has 0 aliphatic rings. The maximum absolute atomic E-state index is 9.18. The maximum atomic E-state index is 9.18. The number of hydrogen-bond donors (Lipinski definition) is 1. The highest BCUT2D eigenvalue weighted by molar-refractivity contribution is 6.30. The minimum absolute atomic E-state index is 0.0139. The van der Waals surface area contributed by atoms with E-state index in [9.17, 15) is 4.79 Å². The van der Waals surface area contributed by atoms with Crippen LogP contribution in [0.25, 0.3) is 0 Å². The van der Waals surface area contributed by atoms with E-state index in [0.29, 0.717) is 6.29 Å². The molecule has 0 aliphatic heterocycles. The number of nitriles is 1. The molecule has 3 nitrogen and oxygen atoms in total. The van der Waals surface area contributed by atoms with Crippen LogP contribution in [0, 0.1) is 11.3 Å². The number of nitrogens with zero attached hydrogens (tertiary/aromatic N) is 1. The fraction of sp³-hybridized carbons (Fsp3) is 0.200. The van der Waals surface area contributed by atoms with Crippen LogP contribution in [0.4, 0.5) is 5.69 Å². The molecule has 4 heteroatoms. The lowest BCUT2D eigenvalue weighted by molar-refractivity contribution is -0.107. The predicted octanol–water partition coefficient (Wildman–Crippen LogP) is 2.48. The van der Waals surface area contributed by atoms with E-state index < -0.39 is 0 Å². The Morgan fingerprint density at radius 3 is 2.36 bits per heavy atom. The summed E-state index contributed by atoms with van der Waals surface area (Å²) in [5.41, 5.74) is 1.08. The summed E-state index contributed by atoms with van der Waals surface area (Å²) in [6, 6.07) is 9.22. The van der Waals surface area contributed by atoms with Crippen LogP contribution in [-0.2, 0) is 4.79 Å². The van der Waals surface area contributed by atoms with E-state index in [4.69, 9.17) is 16.9 Å². The molecule has 0 aromatic heterocycles. The zero-order valence-electron chi connectivity index (χ0n) is 7.83. The smallest absolute Gasteiger partial charge is 0.134 e. The predicted molar refractivity (Wildman–Crippen MR) is 57.3 cm³/mol. The molecule has 1 aromatic carbocycles. The number of rotatable bonds is 2. The van der Waals surface area contributed by atoms with Crippen molar-refractivity contribution in [3.63, 3.8) is 0 Å². The van der Waals surface area contributed by atoms with Gasteiger partial charge >= 0.3 is 0 Å². The second-order valence-electron chi connectivity index (χ2n) is 2.29. The van der Waals surface area contributed by atoms with Crippen LogP contribution < -0.4 is 5.32 Å². The summed E-state index contributed by atoms with van der Waals surface area (Å²) in [5.74, 6) is 0. The van der Waals surface area contributed by atoms with Crippen molar-refractivity contribution >= 4 is 23.6 Å². The van der Waals surface area contributed by atoms with Gasteiger partial charge in [0.05, 0.1) is 12.5 Å². The van der Waals surface area contributed by atoms with E-state index in [1.54, 1.807) is 6.07 Å². The van der Waals surface area contributed by atoms with Crippen molar-refractivity contribution in [3.8, 4) is 6.07 Å². The number of benzene rings is 1. The number of halogens is 1. The molecule has 0 bridgehead atoms. The Kier molecular flexibility index (Phi) is 7.20. The summed E-state index contributed by atoms with van der Waals surface area (Å²) in [6.45, 7) is 0. The molecule has 0 aliphatic carbocycles. The number of nitrogens with one attached hydrogen (secondary N) is 1. The van der Waals surface area contributed by atoms with Gasteiger partial charge in [-0.25, -0.2) is 0 Å². The van der Waals surface area contributed by atoms with Crippen molar-refractivity contribution in [3.05, 3.63) is 29.3 Å². The highest BCUT2D eigenvalue weighted by Crippen LogP contribution is 2.11. The number of anilines is 1. The van der Waals surface area contributed by atoms with E-state index in [2.05, 4.69) is 5.32 Å². The molecular formula is C10H11ClN2O. The van der Waals surface area contributed by atoms with Crippen LogP contribution in [0.3, 0.4) is 0 Å². The average molecular weight is 211 g/mol. The highest BCUT2D eigenvalue weighted by Gasteiger charge is 1.85. The first-order valence-corrected chi connectivity index (χ1v) is 4.36. The molecule has 0 fully saturated rings. The second kappa shape index (κ2) is 8.09. The fourth-order valence-corrected chi connectivity index (χ4v) is 0.780. The molecule has 14 heavy (non-hydrogen) atoms. The summed E-state index contributed by atoms with van der Waals surface area (Å²) in [5, 5.41) is 11.4. The van der Waals surface area contributed by atoms with Gasteiger partial charge in [-0.15, -0.1) is 0 Å². The van der Waals surface area contributed by atoms with Crippen LogP contribution in [0.5, 0.6) is 0 Å². The van der Waals surface area contributed by atoms with Gasteiger partial charge < -0.3 is 10.1 Å². The lowest BCUT2D eigenvalue weighted by atomic mass is 10.3. The normalized spacial score (nSPS) is 7.79. The van der Waals surface area contributed by atoms with E-state index in [1.807, 2.05) is 31.3 Å². The van der Waals surface area contributed by atoms with Gasteiger partial charge in [-0.2, -0.15) is 5.26 Å². The summed E-state index contributed by atoms with van der Waals surface area (Å²) in [7, 11) is 1.88. The zero-order valence-corrected chi connectivity index (χ0v) is 8.58. The van der Waals surface area contributed by atoms with E-state index >= 15 is 0 Å². The van der Waals surface area contributed by atoms with Gasteiger partial charge in [-0.1, -0.05) is 11.6 Å². The van der Waals surface area contributed by atoms with Crippen molar-refractivity contribution in [2.24, 2.45) is 0 Å². The molecule has 1 rings (SSSR count). The van der Waals surface area contributed by atoms with Crippen molar-refractivity contribution in [2.75, 3.05) is 12.4 Å². The monoisotopic (exact) mass is 210 g/mol. The Bertz CT molecular complexity index is 303. The van der Waals surface area contributed by atoms with Gasteiger partial charge in [0.15, 0.2) is 0 Å². The van der Waals surface area contributed by atoms with Crippen molar-refractivity contribution in [1.29, 1.82) is 5.26 Å². The number of carbonyl (C=O) groups is 1. The second-order valence-corrected chi connectivity index (χ2v) is 2.72. The first-order valence-electron chi connectivity index (χ1n) is 3.98. The van der Waals surface area contributed by atoms with E-state index in [-0.39, 0.29) is 6.42 Å². The molecule has 0 spiro atoms. The van der Waals surface area contributed by atoms with Crippen molar-refractivity contribution in [1.82, 2.24) is 0 Å². The van der Waals surface area contributed by atoms with Gasteiger partial charge in [0.1, 0.15) is 6.29 Å². The molecular weight excluding hydrogens is 200 g/mol. The Balaban J connectivity index is 0.000000292. The van der Waals surface area contributed by atoms with Gasteiger partial charge in [0.25, 0.3) is 0 Å². The van der Waals surface area contributed by atoms with E-state index in [0.717, 1.165) is 10.7 Å². The molecule has 0 atom stereocenters. The standard InChI is InChI=1S/C7H8ClN.C3H3NO/c1-9-7-4-2-6(8)3-5-7;4-2-1-3-5/h2-5,9H,1H3;3H,1H2. The summed E-state index contributed by atoms with van der Waals surface area (Å²) < 4.78 is 0. The molecule has 1 aromatic rings. The fourth-order valence-electron chi connectivity index (χ4n) is 0.654. The Morgan fingerprint density at radius 1 is 1.50 bits per heavy atom. The number of hydrogen-bond acceptors (Lipinski definition) is 3. The van der Waals surface area contributed by atoms with Crippen LogP contribution in [-0.4, -0.2) is 13.3 Å². The molecule has 1 N–H and O–H groups in total. The SMILES string of the molecule is CNc1ccc(Cl)cc1.N#CCC=O. The van der Waals surface area contributed by atoms with Crippen LogP contribution in [0.1, 0.15) is 6.42 Å². The lowest BCUT2D eigenvalue weighted by Crippen LogP contribution is -1.84. The quantitative estimate of drug-likeness (QED) is 0.763. The molecule has 0 saturated heterocycles. The number of aldehydes is 1. The largest absolute Gasteiger partial charge is 0.388 e. The third-order valence-corrected chi connectivity index (χ3v) is 1.56. The van der Waals surface area contributed by atoms with Gasteiger partial charge in [0, 0.05) is 17.8 Å². The van der Waals surface area contributed by atoms with Crippen molar-refractivity contribution < 1.29 is 4.79 Å². The number of carbonyl (C=O) groups excluding carboxylic acids is 1. The molecule has 0 amide bonds. The first kappa shape index (κ1) is 12.5. The third kappa shape index (κ3) is 6.04. The lowest BCUT2D eigenvalue weighted by Gasteiger charge is -1.96. The van der Waals surface area contributed by atoms with Crippen LogP contribution >= 0.6 is 11.6 Å². The van der Waals surface area contributed by atoms with Gasteiger partial charge in [-0.05, 0) is 24.3 Å². The summed E-state index contributed by atoms with van der Waals surface area (Å²) >= 11 is 5.64. The molecule has 0 unspecified atom stereocenters. The molecule has 0 saturated carbocycles. The molecule has 74 valence electrons. The van der Waals surface area contributed by atoms with Gasteiger partial charge in [0.2, 0.25) is 0 Å². The Labute approximate surface area is 88.3 Å². The van der Waals surface area contributed by atoms with Gasteiger partial charge in [-0.3, -0.25) is 0 Å². The van der Waals surface area contributed by atoms with Crippen molar-refractivity contribution in [2.45, 2.75) is 6.42 Å². The van der Waals surface area contributed by atoms with Crippen LogP contribution in [0.2, 0.25) is 5.02 Å². The summed E-state index contributed by atoms with van der Waals surface area (Å²) in [4.78, 5) is 9.18. The third-order valence-electron chi connectivity index (χ3n) is 1.31. The molecule has 0 radical (unpaired) electrons. The van der Waals surface area contributed by atoms with Crippen LogP contribution in [0.15, 0.2) is 24.3 Å². The minimum Gasteiger partial charge on any atom is -0.388 e. The Morgan fingerprint density at radius 2 is 2.07 bits per heavy atom. The topological polar surface area (TPSA) is 52.9 Å².